The Morgan fingerprint density at radius 1 is 1.22 bits per heavy atom. The Morgan fingerprint density at radius 2 is 1.85 bits per heavy atom. The standard InChI is InChI=1S/C18H25N5O4/c1-13(2)17(24)22-5-3-4-14(6-22)21-18(25)23(7-15-9-26-11-19-15)8-16-10-27-12-20-16/h9-14H,3-8H2,1-2H3,(H,21,25)/t14-/m0/s1. The first-order valence-electron chi connectivity index (χ1n) is 9.11. The van der Waals surface area contributed by atoms with Crippen LogP contribution in [0.1, 0.15) is 38.1 Å². The quantitative estimate of drug-likeness (QED) is 0.828. The summed E-state index contributed by atoms with van der Waals surface area (Å²) in [6.45, 7) is 5.63. The average molecular weight is 375 g/mol. The number of hydrogen-bond donors (Lipinski definition) is 1. The van der Waals surface area contributed by atoms with Crippen LogP contribution >= 0.6 is 0 Å². The van der Waals surface area contributed by atoms with E-state index in [1.165, 1.54) is 25.3 Å². The molecule has 146 valence electrons. The molecule has 0 aliphatic carbocycles. The van der Waals surface area contributed by atoms with Crippen LogP contribution in [-0.4, -0.2) is 50.8 Å². The van der Waals surface area contributed by atoms with Crippen LogP contribution in [0.4, 0.5) is 4.79 Å². The first-order valence-corrected chi connectivity index (χ1v) is 9.11. The first kappa shape index (κ1) is 18.9. The zero-order valence-electron chi connectivity index (χ0n) is 15.6. The molecule has 27 heavy (non-hydrogen) atoms. The van der Waals surface area contributed by atoms with Gasteiger partial charge in [-0.15, -0.1) is 0 Å². The van der Waals surface area contributed by atoms with E-state index in [1.54, 1.807) is 4.90 Å². The predicted octanol–water partition coefficient (Wildman–Crippen LogP) is 2.02. The summed E-state index contributed by atoms with van der Waals surface area (Å²) >= 11 is 0. The van der Waals surface area contributed by atoms with E-state index >= 15 is 0 Å². The lowest BCUT2D eigenvalue weighted by Gasteiger charge is -2.35. The van der Waals surface area contributed by atoms with Crippen molar-refractivity contribution < 1.29 is 18.4 Å². The molecule has 0 aromatic carbocycles. The molecule has 3 rings (SSSR count). The molecule has 1 saturated heterocycles. The molecule has 2 aromatic rings. The van der Waals surface area contributed by atoms with Crippen molar-refractivity contribution in [1.82, 2.24) is 25.1 Å². The number of carbonyl (C=O) groups excluding carboxylic acids is 2. The number of oxazole rings is 2. The zero-order chi connectivity index (χ0) is 19.2. The van der Waals surface area contributed by atoms with Gasteiger partial charge in [0.2, 0.25) is 5.91 Å². The number of nitrogens with one attached hydrogen (secondary N) is 1. The van der Waals surface area contributed by atoms with Gasteiger partial charge in [0.25, 0.3) is 0 Å². The number of rotatable bonds is 6. The average Bonchev–Trinajstić information content (AvgIpc) is 3.34. The number of urea groups is 1. The van der Waals surface area contributed by atoms with Crippen LogP contribution in [0, 0.1) is 5.92 Å². The fourth-order valence-corrected chi connectivity index (χ4v) is 3.15. The fourth-order valence-electron chi connectivity index (χ4n) is 3.15. The van der Waals surface area contributed by atoms with Crippen molar-refractivity contribution in [1.29, 1.82) is 0 Å². The number of hydrogen-bond acceptors (Lipinski definition) is 6. The first-order chi connectivity index (χ1) is 13.0. The molecule has 0 radical (unpaired) electrons. The van der Waals surface area contributed by atoms with Gasteiger partial charge in [-0.2, -0.15) is 0 Å². The minimum atomic E-state index is -0.232. The summed E-state index contributed by atoms with van der Waals surface area (Å²) in [5, 5.41) is 3.04. The number of likely N-dealkylation sites (tertiary alicyclic amines) is 1. The second kappa shape index (κ2) is 8.70. The lowest BCUT2D eigenvalue weighted by Crippen LogP contribution is -2.53. The number of amides is 3. The Hall–Kier alpha value is -2.84. The van der Waals surface area contributed by atoms with E-state index in [4.69, 9.17) is 8.83 Å². The van der Waals surface area contributed by atoms with Crippen molar-refractivity contribution in [2.24, 2.45) is 5.92 Å². The molecular weight excluding hydrogens is 350 g/mol. The summed E-state index contributed by atoms with van der Waals surface area (Å²) in [4.78, 5) is 36.7. The fraction of sp³-hybridized carbons (Fsp3) is 0.556. The Labute approximate surface area is 157 Å². The third kappa shape index (κ3) is 5.08. The normalized spacial score (nSPS) is 17.1. The highest BCUT2D eigenvalue weighted by Gasteiger charge is 2.27. The van der Waals surface area contributed by atoms with Gasteiger partial charge < -0.3 is 24.0 Å². The molecule has 1 fully saturated rings. The van der Waals surface area contributed by atoms with Gasteiger partial charge in [0.05, 0.1) is 24.5 Å². The van der Waals surface area contributed by atoms with Crippen molar-refractivity contribution in [2.45, 2.75) is 45.8 Å². The lowest BCUT2D eigenvalue weighted by atomic mass is 10.0. The Bertz CT molecular complexity index is 693. The maximum absolute atomic E-state index is 12.9. The maximum Gasteiger partial charge on any atom is 0.318 e. The van der Waals surface area contributed by atoms with E-state index in [-0.39, 0.29) is 37.0 Å². The van der Waals surface area contributed by atoms with Crippen LogP contribution in [-0.2, 0) is 17.9 Å². The number of piperidine rings is 1. The van der Waals surface area contributed by atoms with Crippen LogP contribution in [0.3, 0.4) is 0 Å². The summed E-state index contributed by atoms with van der Waals surface area (Å²) in [5.74, 6) is 0.0753. The molecule has 0 saturated carbocycles. The molecule has 3 amide bonds. The topological polar surface area (TPSA) is 105 Å². The monoisotopic (exact) mass is 375 g/mol. The van der Waals surface area contributed by atoms with Crippen molar-refractivity contribution in [3.05, 3.63) is 36.7 Å². The summed E-state index contributed by atoms with van der Waals surface area (Å²) in [7, 11) is 0. The second-order valence-electron chi connectivity index (χ2n) is 7.04. The molecule has 1 atom stereocenters. The molecule has 2 aromatic heterocycles. The largest absolute Gasteiger partial charge is 0.451 e. The molecule has 0 bridgehead atoms. The SMILES string of the molecule is CC(C)C(=O)N1CCC[C@H](NC(=O)N(Cc2cocn2)Cc2cocn2)C1. The minimum Gasteiger partial charge on any atom is -0.451 e. The Kier molecular flexibility index (Phi) is 6.10. The molecule has 1 aliphatic rings. The maximum atomic E-state index is 12.9. The summed E-state index contributed by atoms with van der Waals surface area (Å²) in [6.07, 6.45) is 7.39. The van der Waals surface area contributed by atoms with Gasteiger partial charge in [-0.05, 0) is 12.8 Å². The number of carbonyl (C=O) groups is 2. The number of aromatic nitrogens is 2. The molecule has 1 N–H and O–H groups in total. The highest BCUT2D eigenvalue weighted by atomic mass is 16.3. The van der Waals surface area contributed by atoms with Crippen molar-refractivity contribution in [2.75, 3.05) is 13.1 Å². The summed E-state index contributed by atoms with van der Waals surface area (Å²) < 4.78 is 9.99. The third-order valence-corrected chi connectivity index (χ3v) is 4.51. The van der Waals surface area contributed by atoms with Gasteiger partial charge in [0, 0.05) is 25.0 Å². The molecule has 9 nitrogen and oxygen atoms in total. The van der Waals surface area contributed by atoms with Gasteiger partial charge in [0.15, 0.2) is 12.8 Å². The Balaban J connectivity index is 1.63. The van der Waals surface area contributed by atoms with Crippen LogP contribution in [0.25, 0.3) is 0 Å². The van der Waals surface area contributed by atoms with Gasteiger partial charge >= 0.3 is 6.03 Å². The van der Waals surface area contributed by atoms with Gasteiger partial charge in [0.1, 0.15) is 12.5 Å². The van der Waals surface area contributed by atoms with Crippen molar-refractivity contribution in [3.8, 4) is 0 Å². The van der Waals surface area contributed by atoms with Crippen LogP contribution in [0.2, 0.25) is 0 Å². The molecule has 1 aliphatic heterocycles. The predicted molar refractivity (Wildman–Crippen MR) is 95.2 cm³/mol. The number of nitrogens with zero attached hydrogens (tertiary/aromatic N) is 4. The highest BCUT2D eigenvalue weighted by Crippen LogP contribution is 2.15. The third-order valence-electron chi connectivity index (χ3n) is 4.51. The molecule has 0 unspecified atom stereocenters. The van der Waals surface area contributed by atoms with Crippen LogP contribution in [0.5, 0.6) is 0 Å². The van der Waals surface area contributed by atoms with Gasteiger partial charge in [-0.3, -0.25) is 4.79 Å². The van der Waals surface area contributed by atoms with Gasteiger partial charge in [-0.25, -0.2) is 14.8 Å². The lowest BCUT2D eigenvalue weighted by molar-refractivity contribution is -0.135. The van der Waals surface area contributed by atoms with E-state index in [0.717, 1.165) is 19.4 Å². The summed E-state index contributed by atoms with van der Waals surface area (Å²) in [5.41, 5.74) is 1.29. The molecular formula is C18H25N5O4. The van der Waals surface area contributed by atoms with Crippen molar-refractivity contribution >= 4 is 11.9 Å². The molecule has 3 heterocycles. The van der Waals surface area contributed by atoms with E-state index < -0.39 is 0 Å². The minimum absolute atomic E-state index is 0.0460. The van der Waals surface area contributed by atoms with E-state index in [0.29, 0.717) is 17.9 Å². The van der Waals surface area contributed by atoms with Gasteiger partial charge in [-0.1, -0.05) is 13.8 Å². The highest BCUT2D eigenvalue weighted by molar-refractivity contribution is 5.78. The molecule has 9 heteroatoms. The van der Waals surface area contributed by atoms with E-state index in [9.17, 15) is 9.59 Å². The molecule has 0 spiro atoms. The van der Waals surface area contributed by atoms with E-state index in [2.05, 4.69) is 15.3 Å². The van der Waals surface area contributed by atoms with Crippen LogP contribution in [0.15, 0.2) is 34.1 Å². The smallest absolute Gasteiger partial charge is 0.318 e. The van der Waals surface area contributed by atoms with Crippen molar-refractivity contribution in [3.63, 3.8) is 0 Å². The zero-order valence-corrected chi connectivity index (χ0v) is 15.6. The Morgan fingerprint density at radius 3 is 2.37 bits per heavy atom. The summed E-state index contributed by atoms with van der Waals surface area (Å²) in [6, 6.07) is -0.309. The van der Waals surface area contributed by atoms with Crippen LogP contribution < -0.4 is 5.32 Å². The van der Waals surface area contributed by atoms with E-state index in [1.807, 2.05) is 18.7 Å². The second-order valence-corrected chi connectivity index (χ2v) is 7.04.